The molecule has 0 aliphatic carbocycles. The maximum absolute atomic E-state index is 11.4. The minimum atomic E-state index is -0.657. The fourth-order valence-corrected chi connectivity index (χ4v) is 1.14. The molecule has 0 aromatic carbocycles. The zero-order valence-electron chi connectivity index (χ0n) is 8.22. The van der Waals surface area contributed by atoms with Gasteiger partial charge < -0.3 is 10.5 Å². The van der Waals surface area contributed by atoms with Crippen LogP contribution in [0.1, 0.15) is 10.5 Å². The third kappa shape index (κ3) is 1.56. The number of esters is 1. The number of carbonyl (C=O) groups is 1. The zero-order chi connectivity index (χ0) is 11.7. The number of aromatic nitrogens is 4. The molecule has 0 bridgehead atoms. The highest BCUT2D eigenvalue weighted by Gasteiger charge is 2.11. The number of hydrogen-bond donors (Lipinski definition) is 2. The molecule has 0 spiro atoms. The molecule has 0 unspecified atom stereocenters. The molecule has 2 aromatic rings. The third-order valence-electron chi connectivity index (χ3n) is 1.83. The minimum Gasteiger partial charge on any atom is -0.464 e. The van der Waals surface area contributed by atoms with E-state index >= 15 is 0 Å². The number of nitrogens with zero attached hydrogens (tertiary/aromatic N) is 3. The summed E-state index contributed by atoms with van der Waals surface area (Å²) in [6.07, 6.45) is 1.14. The average Bonchev–Trinajstić information content (AvgIpc) is 2.27. The van der Waals surface area contributed by atoms with Gasteiger partial charge in [0, 0.05) is 0 Å². The van der Waals surface area contributed by atoms with Crippen molar-refractivity contribution >= 4 is 23.1 Å². The smallest absolute Gasteiger partial charge is 0.358 e. The summed E-state index contributed by atoms with van der Waals surface area (Å²) in [6, 6.07) is 0. The Morgan fingerprint density at radius 1 is 1.50 bits per heavy atom. The molecule has 0 saturated heterocycles. The number of aromatic amines is 1. The molecule has 8 nitrogen and oxygen atoms in total. The maximum atomic E-state index is 11.4. The number of methoxy groups -OCH3 is 1. The molecule has 8 heteroatoms. The molecule has 0 fully saturated rings. The summed E-state index contributed by atoms with van der Waals surface area (Å²) < 4.78 is 4.46. The van der Waals surface area contributed by atoms with Gasteiger partial charge in [-0.1, -0.05) is 0 Å². The summed E-state index contributed by atoms with van der Waals surface area (Å²) in [5.74, 6) is -0.746. The largest absolute Gasteiger partial charge is 0.464 e. The van der Waals surface area contributed by atoms with Crippen molar-refractivity contribution in [2.45, 2.75) is 0 Å². The minimum absolute atomic E-state index is 0.00384. The Balaban J connectivity index is 2.71. The number of hydrogen-bond acceptors (Lipinski definition) is 7. The number of nitrogen functional groups attached to an aromatic ring is 1. The van der Waals surface area contributed by atoms with E-state index in [0.717, 1.165) is 6.20 Å². The van der Waals surface area contributed by atoms with Crippen LogP contribution in [0.2, 0.25) is 0 Å². The summed E-state index contributed by atoms with van der Waals surface area (Å²) >= 11 is 0. The molecular formula is C8H7N5O3. The maximum Gasteiger partial charge on any atom is 0.358 e. The van der Waals surface area contributed by atoms with Crippen LogP contribution in [-0.2, 0) is 4.74 Å². The van der Waals surface area contributed by atoms with E-state index in [9.17, 15) is 9.59 Å². The number of fused-ring (bicyclic) bond motifs is 1. The Morgan fingerprint density at radius 2 is 2.25 bits per heavy atom. The van der Waals surface area contributed by atoms with E-state index in [1.807, 2.05) is 0 Å². The molecule has 3 N–H and O–H groups in total. The highest BCUT2D eigenvalue weighted by atomic mass is 16.5. The highest BCUT2D eigenvalue weighted by Crippen LogP contribution is 2.03. The Bertz CT molecular complexity index is 621. The van der Waals surface area contributed by atoms with Crippen molar-refractivity contribution in [1.29, 1.82) is 0 Å². The van der Waals surface area contributed by atoms with E-state index in [-0.39, 0.29) is 22.8 Å². The molecule has 0 radical (unpaired) electrons. The van der Waals surface area contributed by atoms with E-state index in [4.69, 9.17) is 5.73 Å². The van der Waals surface area contributed by atoms with Gasteiger partial charge in [0.05, 0.1) is 13.3 Å². The molecule has 82 valence electrons. The summed E-state index contributed by atoms with van der Waals surface area (Å²) in [5.41, 5.74) is 4.81. The van der Waals surface area contributed by atoms with E-state index in [1.165, 1.54) is 7.11 Å². The van der Waals surface area contributed by atoms with Crippen LogP contribution in [0.5, 0.6) is 0 Å². The Hall–Kier alpha value is -2.51. The molecule has 2 heterocycles. The first-order chi connectivity index (χ1) is 7.61. The summed E-state index contributed by atoms with van der Waals surface area (Å²) in [4.78, 5) is 36.1. The number of ether oxygens (including phenoxy) is 1. The fraction of sp³-hybridized carbons (Fsp3) is 0.125. The van der Waals surface area contributed by atoms with Gasteiger partial charge in [-0.05, 0) is 0 Å². The number of nitrogens with two attached hydrogens (primary N) is 1. The third-order valence-corrected chi connectivity index (χ3v) is 1.83. The normalized spacial score (nSPS) is 10.3. The first-order valence-electron chi connectivity index (χ1n) is 4.22. The molecule has 2 rings (SSSR count). The first kappa shape index (κ1) is 10.0. The van der Waals surface area contributed by atoms with Crippen molar-refractivity contribution in [2.75, 3.05) is 12.8 Å². The first-order valence-corrected chi connectivity index (χ1v) is 4.22. The number of carbonyl (C=O) groups excluding carboxylic acids is 1. The van der Waals surface area contributed by atoms with Crippen molar-refractivity contribution in [3.8, 4) is 0 Å². The summed E-state index contributed by atoms with van der Waals surface area (Å²) in [5, 5.41) is 0. The lowest BCUT2D eigenvalue weighted by atomic mass is 10.4. The summed E-state index contributed by atoms with van der Waals surface area (Å²) in [6.45, 7) is 0. The number of rotatable bonds is 1. The van der Waals surface area contributed by atoms with Gasteiger partial charge in [-0.2, -0.15) is 4.98 Å². The van der Waals surface area contributed by atoms with Crippen LogP contribution in [-0.4, -0.2) is 33.0 Å². The molecule has 0 atom stereocenters. The predicted molar refractivity (Wildman–Crippen MR) is 53.7 cm³/mol. The second kappa shape index (κ2) is 3.57. The van der Waals surface area contributed by atoms with Crippen molar-refractivity contribution in [2.24, 2.45) is 0 Å². The van der Waals surface area contributed by atoms with E-state index in [0.29, 0.717) is 0 Å². The number of H-pyrrole nitrogens is 1. The fourth-order valence-electron chi connectivity index (χ4n) is 1.14. The topological polar surface area (TPSA) is 124 Å². The monoisotopic (exact) mass is 221 g/mol. The van der Waals surface area contributed by atoms with Gasteiger partial charge in [-0.15, -0.1) is 0 Å². The Kier molecular flexibility index (Phi) is 2.24. The van der Waals surface area contributed by atoms with Gasteiger partial charge in [0.1, 0.15) is 0 Å². The molecule has 0 aliphatic rings. The second-order valence-electron chi connectivity index (χ2n) is 2.87. The lowest BCUT2D eigenvalue weighted by Crippen LogP contribution is -2.15. The number of anilines is 1. The Labute approximate surface area is 88.5 Å². The van der Waals surface area contributed by atoms with Gasteiger partial charge in [0.2, 0.25) is 5.95 Å². The Morgan fingerprint density at radius 3 is 2.94 bits per heavy atom. The molecule has 2 aromatic heterocycles. The average molecular weight is 221 g/mol. The van der Waals surface area contributed by atoms with Crippen LogP contribution in [0.3, 0.4) is 0 Å². The standard InChI is InChI=1S/C8H7N5O3/c1-16-7(15)3-2-10-4-5(11-3)12-8(9)13-6(4)14/h2H,1H3,(H3,9,11,12,13,14). The SMILES string of the molecule is COC(=O)c1cnc2c(=O)[nH]c(N)nc2n1. The van der Waals surface area contributed by atoms with Gasteiger partial charge in [-0.25, -0.2) is 14.8 Å². The molecule has 0 amide bonds. The quantitative estimate of drug-likeness (QED) is 0.596. The molecule has 0 saturated carbocycles. The predicted octanol–water partition coefficient (Wildman–Crippen LogP) is -0.918. The van der Waals surface area contributed by atoms with Crippen molar-refractivity contribution < 1.29 is 9.53 Å². The molecular weight excluding hydrogens is 214 g/mol. The van der Waals surface area contributed by atoms with Gasteiger partial charge in [0.25, 0.3) is 5.56 Å². The van der Waals surface area contributed by atoms with Crippen LogP contribution >= 0.6 is 0 Å². The second-order valence-corrected chi connectivity index (χ2v) is 2.87. The molecule has 16 heavy (non-hydrogen) atoms. The zero-order valence-corrected chi connectivity index (χ0v) is 8.22. The van der Waals surface area contributed by atoms with E-state index in [1.54, 1.807) is 0 Å². The van der Waals surface area contributed by atoms with Crippen LogP contribution in [0.25, 0.3) is 11.2 Å². The summed E-state index contributed by atoms with van der Waals surface area (Å²) in [7, 11) is 1.22. The van der Waals surface area contributed by atoms with Crippen LogP contribution in [0.4, 0.5) is 5.95 Å². The van der Waals surface area contributed by atoms with Crippen LogP contribution in [0.15, 0.2) is 11.0 Å². The van der Waals surface area contributed by atoms with Crippen molar-refractivity contribution in [1.82, 2.24) is 19.9 Å². The van der Waals surface area contributed by atoms with Gasteiger partial charge in [-0.3, -0.25) is 9.78 Å². The van der Waals surface area contributed by atoms with E-state index < -0.39 is 11.5 Å². The number of nitrogens with one attached hydrogen (secondary N) is 1. The molecule has 0 aliphatic heterocycles. The lowest BCUT2D eigenvalue weighted by Gasteiger charge is -1.99. The highest BCUT2D eigenvalue weighted by molar-refractivity contribution is 5.88. The van der Waals surface area contributed by atoms with Crippen LogP contribution in [0, 0.1) is 0 Å². The lowest BCUT2D eigenvalue weighted by molar-refractivity contribution is 0.0594. The van der Waals surface area contributed by atoms with Crippen molar-refractivity contribution in [3.05, 3.63) is 22.2 Å². The van der Waals surface area contributed by atoms with Gasteiger partial charge in [0.15, 0.2) is 16.9 Å². The van der Waals surface area contributed by atoms with Crippen molar-refractivity contribution in [3.63, 3.8) is 0 Å². The van der Waals surface area contributed by atoms with Gasteiger partial charge >= 0.3 is 5.97 Å². The van der Waals surface area contributed by atoms with Crippen LogP contribution < -0.4 is 11.3 Å². The van der Waals surface area contributed by atoms with E-state index in [2.05, 4.69) is 24.7 Å².